The van der Waals surface area contributed by atoms with E-state index in [4.69, 9.17) is 0 Å². The highest BCUT2D eigenvalue weighted by molar-refractivity contribution is 5.90. The van der Waals surface area contributed by atoms with E-state index in [0.29, 0.717) is 12.2 Å². The highest BCUT2D eigenvalue weighted by atomic mass is 16.2. The molecule has 0 atom stereocenters. The maximum Gasteiger partial charge on any atom is 0.291 e. The van der Waals surface area contributed by atoms with E-state index in [2.05, 4.69) is 91.7 Å². The molecule has 0 bridgehead atoms. The van der Waals surface area contributed by atoms with Gasteiger partial charge in [0.05, 0.1) is 11.9 Å². The molecule has 1 aliphatic rings. The minimum atomic E-state index is -0.0890. The first-order valence-electron chi connectivity index (χ1n) is 13.1. The predicted molar refractivity (Wildman–Crippen MR) is 152 cm³/mol. The van der Waals surface area contributed by atoms with E-state index in [0.717, 1.165) is 41.8 Å². The smallest absolute Gasteiger partial charge is 0.291 e. The van der Waals surface area contributed by atoms with Gasteiger partial charge in [0.25, 0.3) is 5.91 Å². The zero-order valence-corrected chi connectivity index (χ0v) is 23.8. The standard InChI is InChI=1S/C18H19N3O.C12H18N4O/c1-12-6-5-7-13(8-12)16-9-15(18(2,3)4)17-19-14(11-22)10-21(17)20-16;1-12(2)9-16(8-7-15(12)3)11(17)10-13-5-4-6-14-10/h5-11H,1-4H3;4-6H,7-9H2,1-3H3. The van der Waals surface area contributed by atoms with E-state index in [1.807, 2.05) is 17.0 Å². The number of amides is 1. The predicted octanol–water partition coefficient (Wildman–Crippen LogP) is 4.46. The fourth-order valence-electron chi connectivity index (χ4n) is 4.51. The summed E-state index contributed by atoms with van der Waals surface area (Å²) >= 11 is 0. The van der Waals surface area contributed by atoms with Crippen molar-refractivity contribution in [3.8, 4) is 11.3 Å². The highest BCUT2D eigenvalue weighted by Crippen LogP contribution is 2.30. The lowest BCUT2D eigenvalue weighted by Crippen LogP contribution is -2.59. The third kappa shape index (κ3) is 6.37. The number of imidazole rings is 1. The first-order valence-corrected chi connectivity index (χ1v) is 13.1. The number of carbonyl (C=O) groups excluding carboxylic acids is 2. The van der Waals surface area contributed by atoms with Crippen LogP contribution in [0.2, 0.25) is 0 Å². The van der Waals surface area contributed by atoms with E-state index in [1.165, 1.54) is 5.56 Å². The molecule has 1 fully saturated rings. The van der Waals surface area contributed by atoms with Crippen LogP contribution in [0.4, 0.5) is 0 Å². The molecule has 1 aromatic carbocycles. The van der Waals surface area contributed by atoms with Crippen LogP contribution in [0.1, 0.15) is 66.9 Å². The largest absolute Gasteiger partial charge is 0.333 e. The molecule has 0 spiro atoms. The van der Waals surface area contributed by atoms with E-state index < -0.39 is 0 Å². The molecule has 0 radical (unpaired) electrons. The number of fused-ring (bicyclic) bond motifs is 1. The summed E-state index contributed by atoms with van der Waals surface area (Å²) in [6.07, 6.45) is 5.63. The van der Waals surface area contributed by atoms with Crippen LogP contribution in [0.3, 0.4) is 0 Å². The molecule has 9 nitrogen and oxygen atoms in total. The van der Waals surface area contributed by atoms with Crippen molar-refractivity contribution >= 4 is 17.8 Å². The molecule has 3 aromatic heterocycles. The number of nitrogens with zero attached hydrogens (tertiary/aromatic N) is 7. The quantitative estimate of drug-likeness (QED) is 0.363. The van der Waals surface area contributed by atoms with Crippen molar-refractivity contribution < 1.29 is 9.59 Å². The van der Waals surface area contributed by atoms with Crippen molar-refractivity contribution in [1.29, 1.82) is 0 Å². The molecule has 5 rings (SSSR count). The van der Waals surface area contributed by atoms with E-state index in [-0.39, 0.29) is 22.7 Å². The molecule has 0 saturated carbocycles. The molecule has 4 heterocycles. The van der Waals surface area contributed by atoms with E-state index in [1.54, 1.807) is 29.2 Å². The minimum Gasteiger partial charge on any atom is -0.333 e. The Morgan fingerprint density at radius 2 is 1.77 bits per heavy atom. The Morgan fingerprint density at radius 3 is 2.38 bits per heavy atom. The summed E-state index contributed by atoms with van der Waals surface area (Å²) in [6, 6.07) is 12.0. The number of rotatable bonds is 3. The molecule has 4 aromatic rings. The van der Waals surface area contributed by atoms with Gasteiger partial charge in [0.1, 0.15) is 5.69 Å². The SMILES string of the molecule is CN1CCN(C(=O)c2ncccn2)CC1(C)C.Cc1cccc(-c2cc(C(C)(C)C)c3nc(C=O)cn3n2)c1. The molecule has 1 amide bonds. The molecule has 39 heavy (non-hydrogen) atoms. The Morgan fingerprint density at radius 1 is 1.05 bits per heavy atom. The van der Waals surface area contributed by atoms with Crippen LogP contribution in [-0.2, 0) is 5.41 Å². The number of aryl methyl sites for hydroxylation is 1. The zero-order chi connectivity index (χ0) is 28.4. The second-order valence-corrected chi connectivity index (χ2v) is 11.6. The summed E-state index contributed by atoms with van der Waals surface area (Å²) in [7, 11) is 2.08. The first-order chi connectivity index (χ1) is 18.4. The van der Waals surface area contributed by atoms with Gasteiger partial charge in [-0.05, 0) is 51.4 Å². The topological polar surface area (TPSA) is 96.6 Å². The monoisotopic (exact) mass is 527 g/mol. The number of likely N-dealkylation sites (N-methyl/N-ethyl adjacent to an activating group) is 1. The van der Waals surface area contributed by atoms with Crippen molar-refractivity contribution in [3.05, 3.63) is 77.6 Å². The van der Waals surface area contributed by atoms with Crippen molar-refractivity contribution in [2.75, 3.05) is 26.7 Å². The van der Waals surface area contributed by atoms with Gasteiger partial charge in [-0.25, -0.2) is 19.5 Å². The number of piperazine rings is 1. The van der Waals surface area contributed by atoms with Gasteiger partial charge in [-0.2, -0.15) is 5.10 Å². The second-order valence-electron chi connectivity index (χ2n) is 11.6. The van der Waals surface area contributed by atoms with E-state index in [9.17, 15) is 9.59 Å². The van der Waals surface area contributed by atoms with Crippen molar-refractivity contribution in [2.45, 2.75) is 52.5 Å². The van der Waals surface area contributed by atoms with Gasteiger partial charge in [-0.1, -0.05) is 44.5 Å². The molecular formula is C30H37N7O2. The Balaban J connectivity index is 0.000000187. The molecular weight excluding hydrogens is 490 g/mol. The summed E-state index contributed by atoms with van der Waals surface area (Å²) in [4.78, 5) is 39.7. The Kier molecular flexibility index (Phi) is 7.92. The number of benzene rings is 1. The lowest BCUT2D eigenvalue weighted by molar-refractivity contribution is 0.0302. The Bertz CT molecular complexity index is 1470. The third-order valence-electron chi connectivity index (χ3n) is 7.05. The molecule has 0 N–H and O–H groups in total. The number of hydrogen-bond acceptors (Lipinski definition) is 7. The van der Waals surface area contributed by atoms with Gasteiger partial charge >= 0.3 is 0 Å². The van der Waals surface area contributed by atoms with Crippen LogP contribution in [0.25, 0.3) is 16.9 Å². The third-order valence-corrected chi connectivity index (χ3v) is 7.05. The highest BCUT2D eigenvalue weighted by Gasteiger charge is 2.34. The van der Waals surface area contributed by atoms with Gasteiger partial charge in [0.2, 0.25) is 5.82 Å². The summed E-state index contributed by atoms with van der Waals surface area (Å²) in [5.74, 6) is 0.208. The molecule has 1 aliphatic heterocycles. The van der Waals surface area contributed by atoms with Crippen LogP contribution in [0.5, 0.6) is 0 Å². The average Bonchev–Trinajstić information content (AvgIpc) is 3.33. The van der Waals surface area contributed by atoms with Crippen LogP contribution >= 0.6 is 0 Å². The Labute approximate surface area is 229 Å². The van der Waals surface area contributed by atoms with Gasteiger partial charge in [0, 0.05) is 48.7 Å². The van der Waals surface area contributed by atoms with Crippen molar-refractivity contribution in [1.82, 2.24) is 34.4 Å². The number of aldehydes is 1. The number of aromatic nitrogens is 5. The van der Waals surface area contributed by atoms with Crippen LogP contribution in [0.15, 0.2) is 55.0 Å². The van der Waals surface area contributed by atoms with Crippen molar-refractivity contribution in [3.63, 3.8) is 0 Å². The summed E-state index contributed by atoms with van der Waals surface area (Å²) in [5.41, 5.74) is 5.27. The average molecular weight is 528 g/mol. The van der Waals surface area contributed by atoms with Crippen LogP contribution in [0, 0.1) is 6.92 Å². The Hall–Kier alpha value is -3.98. The van der Waals surface area contributed by atoms with Gasteiger partial charge in [0.15, 0.2) is 11.9 Å². The zero-order valence-electron chi connectivity index (χ0n) is 23.8. The molecule has 0 aliphatic carbocycles. The first kappa shape index (κ1) is 28.0. The summed E-state index contributed by atoms with van der Waals surface area (Å²) in [5, 5.41) is 4.62. The minimum absolute atomic E-state index is 0.00267. The maximum absolute atomic E-state index is 12.2. The summed E-state index contributed by atoms with van der Waals surface area (Å²) in [6.45, 7) is 15.1. The fraction of sp³-hybridized carbons (Fsp3) is 0.400. The normalized spacial score (nSPS) is 15.5. The van der Waals surface area contributed by atoms with Crippen LogP contribution in [-0.4, -0.2) is 78.8 Å². The van der Waals surface area contributed by atoms with E-state index >= 15 is 0 Å². The van der Waals surface area contributed by atoms with Gasteiger partial charge in [-0.3, -0.25) is 14.5 Å². The second kappa shape index (κ2) is 11.0. The van der Waals surface area contributed by atoms with Gasteiger partial charge < -0.3 is 4.90 Å². The lowest BCUT2D eigenvalue weighted by atomic mass is 9.87. The fourth-order valence-corrected chi connectivity index (χ4v) is 4.51. The van der Waals surface area contributed by atoms with Crippen molar-refractivity contribution in [2.24, 2.45) is 0 Å². The molecule has 1 saturated heterocycles. The molecule has 9 heteroatoms. The lowest BCUT2D eigenvalue weighted by Gasteiger charge is -2.45. The number of hydrogen-bond donors (Lipinski definition) is 0. The van der Waals surface area contributed by atoms with Gasteiger partial charge in [-0.15, -0.1) is 0 Å². The van der Waals surface area contributed by atoms with Crippen LogP contribution < -0.4 is 0 Å². The maximum atomic E-state index is 12.2. The molecule has 0 unspecified atom stereocenters. The number of carbonyl (C=O) groups is 2. The molecule has 204 valence electrons. The summed E-state index contributed by atoms with van der Waals surface area (Å²) < 4.78 is 1.71.